The quantitative estimate of drug-likeness (QED) is 0.323. The van der Waals surface area contributed by atoms with E-state index < -0.39 is 0 Å². The van der Waals surface area contributed by atoms with Gasteiger partial charge >= 0.3 is 0 Å². The summed E-state index contributed by atoms with van der Waals surface area (Å²) < 4.78 is 5.62. The molecule has 0 bridgehead atoms. The van der Waals surface area contributed by atoms with E-state index in [0.717, 1.165) is 35.1 Å². The molecule has 9 nitrogen and oxygen atoms in total. The van der Waals surface area contributed by atoms with E-state index >= 15 is 0 Å². The molecule has 2 aliphatic rings. The van der Waals surface area contributed by atoms with Crippen molar-refractivity contribution in [1.82, 2.24) is 9.80 Å². The number of nitrogens with two attached hydrogens (primary N) is 2. The second-order valence-electron chi connectivity index (χ2n) is 9.02. The number of guanidine groups is 2. The Labute approximate surface area is 211 Å². The summed E-state index contributed by atoms with van der Waals surface area (Å²) in [6, 6.07) is 11.4. The van der Waals surface area contributed by atoms with Crippen LogP contribution in [0.25, 0.3) is 11.1 Å². The maximum absolute atomic E-state index is 13.0. The number of hydrogen-bond donors (Lipinski definition) is 5. The lowest BCUT2D eigenvalue weighted by atomic mass is 9.94. The maximum Gasteiger partial charge on any atom is 0.255 e. The molecule has 7 N–H and O–H groups in total. The van der Waals surface area contributed by atoms with Gasteiger partial charge in [-0.05, 0) is 66.3 Å². The standard InChI is InChI=1S/C27H33N7O2/c1-17-15-20(3-5-22(17)18-7-11-33(12-8-18)26(28)29)25(35)32-21-4-6-23(24(16-21)36-2)19-9-13-34(14-10-19)27(30)31/h3-7,9,15-16H,8,10-14H2,1-2H3,(H3,28,29)(H3,30,31)(H,32,35). The number of carbonyl (C=O) groups excluding carboxylic acids is 1. The van der Waals surface area contributed by atoms with Crippen LogP contribution in [0.4, 0.5) is 5.69 Å². The minimum atomic E-state index is -0.186. The van der Waals surface area contributed by atoms with Gasteiger partial charge in [0.15, 0.2) is 11.9 Å². The fourth-order valence-electron chi connectivity index (χ4n) is 4.67. The maximum atomic E-state index is 13.0. The number of aryl methyl sites for hydroxylation is 1. The number of hydrogen-bond acceptors (Lipinski definition) is 4. The first kappa shape index (κ1) is 24.8. The van der Waals surface area contributed by atoms with Crippen LogP contribution in [0.1, 0.15) is 39.9 Å². The average molecular weight is 488 g/mol. The van der Waals surface area contributed by atoms with Crippen LogP contribution in [-0.2, 0) is 0 Å². The summed E-state index contributed by atoms with van der Waals surface area (Å²) in [5.41, 5.74) is 17.9. The zero-order chi connectivity index (χ0) is 25.8. The Morgan fingerprint density at radius 3 is 2.00 bits per heavy atom. The molecule has 2 aliphatic heterocycles. The van der Waals surface area contributed by atoms with Crippen molar-refractivity contribution >= 4 is 34.7 Å². The molecule has 2 heterocycles. The lowest BCUT2D eigenvalue weighted by Gasteiger charge is -2.27. The smallest absolute Gasteiger partial charge is 0.255 e. The second kappa shape index (κ2) is 10.6. The lowest BCUT2D eigenvalue weighted by Crippen LogP contribution is -2.39. The van der Waals surface area contributed by atoms with E-state index in [4.69, 9.17) is 27.0 Å². The Hall–Kier alpha value is -4.27. The van der Waals surface area contributed by atoms with E-state index in [-0.39, 0.29) is 17.8 Å². The summed E-state index contributed by atoms with van der Waals surface area (Å²) in [5.74, 6) is 0.669. The zero-order valence-corrected chi connectivity index (χ0v) is 20.7. The van der Waals surface area contributed by atoms with Crippen LogP contribution in [0.5, 0.6) is 5.75 Å². The summed E-state index contributed by atoms with van der Waals surface area (Å²) in [5, 5.41) is 18.2. The Kier molecular flexibility index (Phi) is 7.28. The van der Waals surface area contributed by atoms with Crippen molar-refractivity contribution in [1.29, 1.82) is 10.8 Å². The van der Waals surface area contributed by atoms with Crippen LogP contribution < -0.4 is 21.5 Å². The van der Waals surface area contributed by atoms with Crippen LogP contribution in [0.2, 0.25) is 0 Å². The first-order valence-corrected chi connectivity index (χ1v) is 11.9. The van der Waals surface area contributed by atoms with E-state index in [9.17, 15) is 4.79 Å². The van der Waals surface area contributed by atoms with Crippen molar-refractivity contribution in [3.05, 3.63) is 70.8 Å². The van der Waals surface area contributed by atoms with E-state index in [1.165, 1.54) is 5.57 Å². The van der Waals surface area contributed by atoms with Gasteiger partial charge in [-0.3, -0.25) is 15.6 Å². The molecule has 0 spiro atoms. The Bertz CT molecular complexity index is 1260. The van der Waals surface area contributed by atoms with Crippen LogP contribution in [0.15, 0.2) is 48.6 Å². The third-order valence-corrected chi connectivity index (χ3v) is 6.74. The predicted molar refractivity (Wildman–Crippen MR) is 144 cm³/mol. The highest BCUT2D eigenvalue weighted by Crippen LogP contribution is 2.33. The summed E-state index contributed by atoms with van der Waals surface area (Å²) in [7, 11) is 1.62. The Morgan fingerprint density at radius 2 is 1.50 bits per heavy atom. The van der Waals surface area contributed by atoms with Crippen LogP contribution in [-0.4, -0.2) is 60.9 Å². The number of amides is 1. The summed E-state index contributed by atoms with van der Waals surface area (Å²) in [6.07, 6.45) is 5.72. The van der Waals surface area contributed by atoms with Gasteiger partial charge in [0.25, 0.3) is 5.91 Å². The SMILES string of the molecule is COc1cc(NC(=O)c2ccc(C3=CCN(C(=N)N)CC3)c(C)c2)ccc1C1=CCN(C(=N)N)CC1. The predicted octanol–water partition coefficient (Wildman–Crippen LogP) is 3.22. The fraction of sp³-hybridized carbons (Fsp3) is 0.296. The van der Waals surface area contributed by atoms with Crippen molar-refractivity contribution in [3.8, 4) is 5.75 Å². The molecule has 0 atom stereocenters. The molecule has 188 valence electrons. The first-order chi connectivity index (χ1) is 17.3. The van der Waals surface area contributed by atoms with Gasteiger partial charge in [-0.25, -0.2) is 0 Å². The van der Waals surface area contributed by atoms with Crippen molar-refractivity contribution in [2.24, 2.45) is 11.5 Å². The van der Waals surface area contributed by atoms with Crippen molar-refractivity contribution < 1.29 is 9.53 Å². The summed E-state index contributed by atoms with van der Waals surface area (Å²) in [4.78, 5) is 16.6. The molecule has 0 aromatic heterocycles. The molecule has 0 aliphatic carbocycles. The van der Waals surface area contributed by atoms with Gasteiger partial charge in [0.2, 0.25) is 0 Å². The number of nitrogens with one attached hydrogen (secondary N) is 3. The van der Waals surface area contributed by atoms with Crippen molar-refractivity contribution in [2.75, 3.05) is 38.6 Å². The highest BCUT2D eigenvalue weighted by atomic mass is 16.5. The molecule has 36 heavy (non-hydrogen) atoms. The number of carbonyl (C=O) groups is 1. The van der Waals surface area contributed by atoms with E-state index in [1.54, 1.807) is 7.11 Å². The number of rotatable bonds is 5. The minimum Gasteiger partial charge on any atom is -0.496 e. The lowest BCUT2D eigenvalue weighted by molar-refractivity contribution is 0.102. The molecule has 4 rings (SSSR count). The van der Waals surface area contributed by atoms with Gasteiger partial charge in [-0.2, -0.15) is 0 Å². The third kappa shape index (κ3) is 5.35. The largest absolute Gasteiger partial charge is 0.496 e. The zero-order valence-electron chi connectivity index (χ0n) is 20.7. The average Bonchev–Trinajstić information content (AvgIpc) is 2.88. The van der Waals surface area contributed by atoms with Crippen LogP contribution >= 0.6 is 0 Å². The summed E-state index contributed by atoms with van der Waals surface area (Å²) in [6.45, 7) is 4.62. The molecule has 1 amide bonds. The number of benzene rings is 2. The molecule has 0 saturated heterocycles. The van der Waals surface area contributed by atoms with E-state index in [2.05, 4.69) is 17.5 Å². The molecule has 0 saturated carbocycles. The molecule has 9 heteroatoms. The first-order valence-electron chi connectivity index (χ1n) is 11.9. The number of methoxy groups -OCH3 is 1. The van der Waals surface area contributed by atoms with Gasteiger partial charge in [-0.1, -0.05) is 18.2 Å². The second-order valence-corrected chi connectivity index (χ2v) is 9.02. The fourth-order valence-corrected chi connectivity index (χ4v) is 4.67. The van der Waals surface area contributed by atoms with Crippen molar-refractivity contribution in [3.63, 3.8) is 0 Å². The van der Waals surface area contributed by atoms with Gasteiger partial charge in [0.05, 0.1) is 7.11 Å². The molecule has 0 unspecified atom stereocenters. The highest BCUT2D eigenvalue weighted by Gasteiger charge is 2.19. The van der Waals surface area contributed by atoms with Gasteiger partial charge in [0.1, 0.15) is 5.75 Å². The Morgan fingerprint density at radius 1 is 0.917 bits per heavy atom. The molecule has 2 aromatic rings. The number of nitrogens with zero attached hydrogens (tertiary/aromatic N) is 2. The molecule has 2 aromatic carbocycles. The van der Waals surface area contributed by atoms with Gasteiger partial charge < -0.3 is 31.3 Å². The van der Waals surface area contributed by atoms with E-state index in [1.807, 2.05) is 53.1 Å². The van der Waals surface area contributed by atoms with E-state index in [0.29, 0.717) is 43.2 Å². The van der Waals surface area contributed by atoms with Crippen LogP contribution in [0, 0.1) is 17.7 Å². The molecular weight excluding hydrogens is 454 g/mol. The monoisotopic (exact) mass is 487 g/mol. The number of ether oxygens (including phenoxy) is 1. The topological polar surface area (TPSA) is 145 Å². The summed E-state index contributed by atoms with van der Waals surface area (Å²) >= 11 is 0. The third-order valence-electron chi connectivity index (χ3n) is 6.74. The Balaban J connectivity index is 1.46. The van der Waals surface area contributed by atoms with Crippen molar-refractivity contribution in [2.45, 2.75) is 19.8 Å². The van der Waals surface area contributed by atoms with Gasteiger partial charge in [-0.15, -0.1) is 0 Å². The number of anilines is 1. The minimum absolute atomic E-state index is 0.0775. The molecule has 0 fully saturated rings. The van der Waals surface area contributed by atoms with Crippen LogP contribution in [0.3, 0.4) is 0 Å². The van der Waals surface area contributed by atoms with Gasteiger partial charge in [0, 0.05) is 49.1 Å². The highest BCUT2D eigenvalue weighted by molar-refractivity contribution is 6.05. The molecule has 0 radical (unpaired) electrons. The normalized spacial score (nSPS) is 15.6. The molecular formula is C27H33N7O2.